The highest BCUT2D eigenvalue weighted by Crippen LogP contribution is 2.32. The molecule has 0 atom stereocenters. The number of thiazole rings is 1. The van der Waals surface area contributed by atoms with E-state index < -0.39 is 16.1 Å². The van der Waals surface area contributed by atoms with Crippen LogP contribution in [0.4, 0.5) is 16.2 Å². The van der Waals surface area contributed by atoms with Gasteiger partial charge in [0.25, 0.3) is 10.0 Å². The van der Waals surface area contributed by atoms with E-state index in [2.05, 4.69) is 9.71 Å². The van der Waals surface area contributed by atoms with Crippen molar-refractivity contribution in [2.45, 2.75) is 4.90 Å². The molecular formula is C16H12ClN3O4S2. The van der Waals surface area contributed by atoms with Gasteiger partial charge in [-0.25, -0.2) is 18.2 Å². The molecule has 2 aromatic carbocycles. The molecule has 0 spiro atoms. The third kappa shape index (κ3) is 3.09. The normalized spacial score (nSPS) is 14.7. The summed E-state index contributed by atoms with van der Waals surface area (Å²) in [7, 11) is -3.86. The highest BCUT2D eigenvalue weighted by Gasteiger charge is 2.27. The number of para-hydroxylation sites is 2. The molecule has 1 amide bonds. The largest absolute Gasteiger partial charge is 0.447 e. The van der Waals surface area contributed by atoms with Crippen LogP contribution in [-0.4, -0.2) is 32.6 Å². The van der Waals surface area contributed by atoms with Crippen molar-refractivity contribution < 1.29 is 17.9 Å². The number of anilines is 2. The molecule has 1 aliphatic rings. The van der Waals surface area contributed by atoms with Gasteiger partial charge in [-0.2, -0.15) is 0 Å². The minimum absolute atomic E-state index is 0.0871. The Balaban J connectivity index is 1.70. The van der Waals surface area contributed by atoms with E-state index in [1.54, 1.807) is 30.3 Å². The number of cyclic esters (lactones) is 1. The number of sulfonamides is 1. The zero-order valence-corrected chi connectivity index (χ0v) is 15.6. The molecule has 1 fully saturated rings. The smallest absolute Gasteiger partial charge is 0.414 e. The molecular weight excluding hydrogens is 398 g/mol. The molecule has 1 saturated heterocycles. The van der Waals surface area contributed by atoms with Gasteiger partial charge in [0.15, 0.2) is 4.47 Å². The van der Waals surface area contributed by atoms with Gasteiger partial charge in [-0.3, -0.25) is 9.62 Å². The Morgan fingerprint density at radius 2 is 2.04 bits per heavy atom. The lowest BCUT2D eigenvalue weighted by Crippen LogP contribution is -2.25. The lowest BCUT2D eigenvalue weighted by molar-refractivity contribution is 0.181. The van der Waals surface area contributed by atoms with Crippen molar-refractivity contribution in [2.75, 3.05) is 22.8 Å². The van der Waals surface area contributed by atoms with Gasteiger partial charge in [-0.1, -0.05) is 23.7 Å². The molecule has 7 nitrogen and oxygen atoms in total. The third-order valence-corrected chi connectivity index (χ3v) is 6.33. The molecule has 0 aliphatic carbocycles. The number of amides is 1. The van der Waals surface area contributed by atoms with Crippen LogP contribution in [0.5, 0.6) is 0 Å². The first-order chi connectivity index (χ1) is 12.4. The van der Waals surface area contributed by atoms with Crippen molar-refractivity contribution in [1.82, 2.24) is 4.98 Å². The van der Waals surface area contributed by atoms with Crippen molar-refractivity contribution >= 4 is 60.6 Å². The predicted molar refractivity (Wildman–Crippen MR) is 101 cm³/mol. The molecule has 3 aromatic rings. The first-order valence-electron chi connectivity index (χ1n) is 7.56. The van der Waals surface area contributed by atoms with E-state index in [-0.39, 0.29) is 11.5 Å². The standard InChI is InChI=1S/C16H12ClN3O4S2/c17-15-18-12-6-5-10(9-14(12)25-15)26(22,23)19-11-3-1-2-4-13(11)20-7-8-24-16(20)21/h1-6,9,19H,7-8H2. The lowest BCUT2D eigenvalue weighted by Gasteiger charge is -2.18. The molecule has 1 aliphatic heterocycles. The van der Waals surface area contributed by atoms with Gasteiger partial charge in [0.05, 0.1) is 33.0 Å². The fourth-order valence-corrected chi connectivity index (χ4v) is 4.90. The summed E-state index contributed by atoms with van der Waals surface area (Å²) in [6.07, 6.45) is -0.502. The lowest BCUT2D eigenvalue weighted by atomic mass is 10.2. The number of hydrogen-bond acceptors (Lipinski definition) is 6. The van der Waals surface area contributed by atoms with Crippen LogP contribution in [0.3, 0.4) is 0 Å². The van der Waals surface area contributed by atoms with Gasteiger partial charge in [-0.15, -0.1) is 11.3 Å². The molecule has 1 aromatic heterocycles. The Kier molecular flexibility index (Phi) is 4.22. The number of benzene rings is 2. The van der Waals surface area contributed by atoms with Crippen molar-refractivity contribution in [3.8, 4) is 0 Å². The Hall–Kier alpha value is -2.36. The number of aromatic nitrogens is 1. The molecule has 2 heterocycles. The first kappa shape index (κ1) is 17.1. The highest BCUT2D eigenvalue weighted by atomic mass is 35.5. The Morgan fingerprint density at radius 3 is 2.81 bits per heavy atom. The van der Waals surface area contributed by atoms with Crippen LogP contribution in [0.25, 0.3) is 10.2 Å². The zero-order valence-electron chi connectivity index (χ0n) is 13.2. The number of nitrogens with zero attached hydrogens (tertiary/aromatic N) is 2. The maximum atomic E-state index is 12.8. The van der Waals surface area contributed by atoms with Crippen molar-refractivity contribution in [3.05, 3.63) is 46.9 Å². The van der Waals surface area contributed by atoms with E-state index in [4.69, 9.17) is 16.3 Å². The topological polar surface area (TPSA) is 88.6 Å². The number of ether oxygens (including phenoxy) is 1. The average Bonchev–Trinajstić information content (AvgIpc) is 3.18. The monoisotopic (exact) mass is 409 g/mol. The van der Waals surface area contributed by atoms with Crippen LogP contribution in [0.15, 0.2) is 47.4 Å². The summed E-state index contributed by atoms with van der Waals surface area (Å²) in [4.78, 5) is 17.4. The van der Waals surface area contributed by atoms with E-state index in [1.165, 1.54) is 28.4 Å². The summed E-state index contributed by atoms with van der Waals surface area (Å²) in [5.41, 5.74) is 1.38. The summed E-state index contributed by atoms with van der Waals surface area (Å²) >= 11 is 7.08. The molecule has 0 unspecified atom stereocenters. The summed E-state index contributed by atoms with van der Waals surface area (Å²) in [5, 5.41) is 0. The maximum Gasteiger partial charge on any atom is 0.414 e. The predicted octanol–water partition coefficient (Wildman–Crippen LogP) is 3.71. The van der Waals surface area contributed by atoms with E-state index in [9.17, 15) is 13.2 Å². The van der Waals surface area contributed by atoms with Gasteiger partial charge in [-0.05, 0) is 30.3 Å². The second-order valence-corrected chi connectivity index (χ2v) is 8.78. The minimum atomic E-state index is -3.86. The van der Waals surface area contributed by atoms with Crippen molar-refractivity contribution in [1.29, 1.82) is 0 Å². The van der Waals surface area contributed by atoms with Gasteiger partial charge < -0.3 is 4.74 Å². The molecule has 134 valence electrons. The molecule has 4 rings (SSSR count). The van der Waals surface area contributed by atoms with Crippen LogP contribution in [-0.2, 0) is 14.8 Å². The van der Waals surface area contributed by atoms with Gasteiger partial charge >= 0.3 is 6.09 Å². The summed E-state index contributed by atoms with van der Waals surface area (Å²) in [6, 6.07) is 11.3. The van der Waals surface area contributed by atoms with Crippen molar-refractivity contribution in [2.24, 2.45) is 0 Å². The van der Waals surface area contributed by atoms with Crippen LogP contribution >= 0.6 is 22.9 Å². The number of hydrogen-bond donors (Lipinski definition) is 1. The van der Waals surface area contributed by atoms with Crippen LogP contribution < -0.4 is 9.62 Å². The quantitative estimate of drug-likeness (QED) is 0.709. The fourth-order valence-electron chi connectivity index (χ4n) is 2.66. The zero-order chi connectivity index (χ0) is 18.3. The van der Waals surface area contributed by atoms with Gasteiger partial charge in [0, 0.05) is 0 Å². The fraction of sp³-hybridized carbons (Fsp3) is 0.125. The molecule has 10 heteroatoms. The van der Waals surface area contributed by atoms with Gasteiger partial charge in [0.2, 0.25) is 0 Å². The number of carbonyl (C=O) groups excluding carboxylic acids is 1. The number of carbonyl (C=O) groups is 1. The SMILES string of the molecule is O=C1OCCN1c1ccccc1NS(=O)(=O)c1ccc2nc(Cl)sc2c1. The molecule has 0 saturated carbocycles. The summed E-state index contributed by atoms with van der Waals surface area (Å²) in [6.45, 7) is 0.631. The van der Waals surface area contributed by atoms with Crippen LogP contribution in [0.1, 0.15) is 0 Å². The van der Waals surface area contributed by atoms with Crippen LogP contribution in [0.2, 0.25) is 4.47 Å². The average molecular weight is 410 g/mol. The molecule has 26 heavy (non-hydrogen) atoms. The maximum absolute atomic E-state index is 12.8. The molecule has 1 N–H and O–H groups in total. The second kappa shape index (κ2) is 6.42. The van der Waals surface area contributed by atoms with Crippen molar-refractivity contribution in [3.63, 3.8) is 0 Å². The van der Waals surface area contributed by atoms with Gasteiger partial charge in [0.1, 0.15) is 6.61 Å². The Morgan fingerprint density at radius 1 is 1.23 bits per heavy atom. The number of fused-ring (bicyclic) bond motifs is 1. The Bertz CT molecular complexity index is 1110. The third-order valence-electron chi connectivity index (χ3n) is 3.84. The summed E-state index contributed by atoms with van der Waals surface area (Å²) in [5.74, 6) is 0. The number of halogens is 1. The van der Waals surface area contributed by atoms with E-state index >= 15 is 0 Å². The second-order valence-electron chi connectivity index (χ2n) is 5.49. The van der Waals surface area contributed by atoms with E-state index in [1.807, 2.05) is 0 Å². The van der Waals surface area contributed by atoms with E-state index in [0.717, 1.165) is 0 Å². The van der Waals surface area contributed by atoms with E-state index in [0.29, 0.717) is 32.6 Å². The molecule has 0 radical (unpaired) electrons. The first-order valence-corrected chi connectivity index (χ1v) is 10.2. The summed E-state index contributed by atoms with van der Waals surface area (Å²) < 4.78 is 34.1. The minimum Gasteiger partial charge on any atom is -0.447 e. The molecule has 0 bridgehead atoms. The number of rotatable bonds is 4. The number of nitrogens with one attached hydrogen (secondary N) is 1. The highest BCUT2D eigenvalue weighted by molar-refractivity contribution is 7.92. The van der Waals surface area contributed by atoms with Crippen LogP contribution in [0, 0.1) is 0 Å². The Labute approximate surface area is 158 Å².